The standard InChI is InChI=1S/C19H18ClN5O5S/c1-25-17(26)10-9-16(23-25)19(28)22-21-18(27)12-5-4-6-13(11-12)31(29,30)24-15-8-3-2-7-14(15)20/h2-8,11,24H,9-10H2,1H3,(H,21,27)(H,22,28). The number of hydrazine groups is 1. The van der Waals surface area contributed by atoms with E-state index in [0.29, 0.717) is 0 Å². The number of hydrogen-bond donors (Lipinski definition) is 3. The first kappa shape index (κ1) is 22.2. The highest BCUT2D eigenvalue weighted by Gasteiger charge is 2.23. The van der Waals surface area contributed by atoms with Crippen molar-refractivity contribution < 1.29 is 22.8 Å². The van der Waals surface area contributed by atoms with Gasteiger partial charge in [0.15, 0.2) is 0 Å². The van der Waals surface area contributed by atoms with Gasteiger partial charge in [0.25, 0.3) is 21.8 Å². The van der Waals surface area contributed by atoms with Crippen LogP contribution < -0.4 is 15.6 Å². The fourth-order valence-electron chi connectivity index (χ4n) is 2.64. The Kier molecular flexibility index (Phi) is 6.56. The summed E-state index contributed by atoms with van der Waals surface area (Å²) in [5, 5.41) is 5.12. The molecule has 0 radical (unpaired) electrons. The number of sulfonamides is 1. The fraction of sp³-hybridized carbons (Fsp3) is 0.158. The van der Waals surface area contributed by atoms with Crippen LogP contribution in [0.25, 0.3) is 0 Å². The van der Waals surface area contributed by atoms with Crippen LogP contribution in [0.2, 0.25) is 5.02 Å². The molecular weight excluding hydrogens is 446 g/mol. The molecule has 0 saturated carbocycles. The van der Waals surface area contributed by atoms with Crippen LogP contribution in [0.3, 0.4) is 0 Å². The third-order valence-electron chi connectivity index (χ3n) is 4.28. The highest BCUT2D eigenvalue weighted by molar-refractivity contribution is 7.92. The number of amides is 3. The average Bonchev–Trinajstić information content (AvgIpc) is 2.75. The van der Waals surface area contributed by atoms with Crippen LogP contribution in [0.1, 0.15) is 23.2 Å². The minimum Gasteiger partial charge on any atom is -0.278 e. The van der Waals surface area contributed by atoms with Gasteiger partial charge in [0, 0.05) is 25.5 Å². The van der Waals surface area contributed by atoms with Crippen molar-refractivity contribution in [3.8, 4) is 0 Å². The second-order valence-corrected chi connectivity index (χ2v) is 8.58. The molecule has 12 heteroatoms. The molecule has 2 aromatic carbocycles. The Balaban J connectivity index is 1.69. The van der Waals surface area contributed by atoms with Gasteiger partial charge in [0.2, 0.25) is 5.91 Å². The van der Waals surface area contributed by atoms with E-state index in [1.165, 1.54) is 37.4 Å². The fourth-order valence-corrected chi connectivity index (χ4v) is 4.01. The van der Waals surface area contributed by atoms with Crippen molar-refractivity contribution >= 4 is 50.7 Å². The predicted molar refractivity (Wildman–Crippen MR) is 114 cm³/mol. The van der Waals surface area contributed by atoms with E-state index in [9.17, 15) is 22.8 Å². The molecule has 1 heterocycles. The lowest BCUT2D eigenvalue weighted by Crippen LogP contribution is -2.46. The van der Waals surface area contributed by atoms with E-state index in [1.807, 2.05) is 0 Å². The Hall–Kier alpha value is -3.44. The monoisotopic (exact) mass is 463 g/mol. The smallest absolute Gasteiger partial charge is 0.278 e. The van der Waals surface area contributed by atoms with Gasteiger partial charge >= 0.3 is 0 Å². The summed E-state index contributed by atoms with van der Waals surface area (Å²) < 4.78 is 27.6. The number of nitrogens with one attached hydrogen (secondary N) is 3. The van der Waals surface area contributed by atoms with Crippen molar-refractivity contribution in [1.82, 2.24) is 15.9 Å². The van der Waals surface area contributed by atoms with E-state index in [2.05, 4.69) is 20.7 Å². The number of carbonyl (C=O) groups excluding carboxylic acids is 3. The highest BCUT2D eigenvalue weighted by atomic mass is 35.5. The van der Waals surface area contributed by atoms with Gasteiger partial charge in [-0.2, -0.15) is 5.10 Å². The zero-order valence-corrected chi connectivity index (χ0v) is 17.8. The van der Waals surface area contributed by atoms with Gasteiger partial charge in [-0.3, -0.25) is 30.0 Å². The zero-order valence-electron chi connectivity index (χ0n) is 16.3. The Labute approximate surface area is 183 Å². The second-order valence-electron chi connectivity index (χ2n) is 6.49. The molecule has 0 unspecified atom stereocenters. The van der Waals surface area contributed by atoms with Crippen LogP contribution in [-0.2, 0) is 19.6 Å². The number of rotatable bonds is 5. The summed E-state index contributed by atoms with van der Waals surface area (Å²) >= 11 is 5.99. The quantitative estimate of drug-likeness (QED) is 0.577. The van der Waals surface area contributed by atoms with Gasteiger partial charge in [-0.05, 0) is 30.3 Å². The molecular formula is C19H18ClN5O5S. The van der Waals surface area contributed by atoms with Crippen molar-refractivity contribution in [2.45, 2.75) is 17.7 Å². The summed E-state index contributed by atoms with van der Waals surface area (Å²) in [6.45, 7) is 0. The van der Waals surface area contributed by atoms with Crippen molar-refractivity contribution in [1.29, 1.82) is 0 Å². The van der Waals surface area contributed by atoms with Crippen molar-refractivity contribution in [2.24, 2.45) is 5.10 Å². The van der Waals surface area contributed by atoms with Crippen LogP contribution >= 0.6 is 11.6 Å². The van der Waals surface area contributed by atoms with E-state index in [1.54, 1.807) is 12.1 Å². The van der Waals surface area contributed by atoms with Crippen LogP contribution in [0.15, 0.2) is 58.5 Å². The molecule has 3 N–H and O–H groups in total. The first-order valence-electron chi connectivity index (χ1n) is 8.99. The SMILES string of the molecule is CN1N=C(C(=O)NNC(=O)c2cccc(S(=O)(=O)Nc3ccccc3Cl)c2)CCC1=O. The number of nitrogens with zero attached hydrogens (tertiary/aromatic N) is 2. The molecule has 1 aliphatic rings. The van der Waals surface area contributed by atoms with Gasteiger partial charge in [0.05, 0.1) is 15.6 Å². The first-order chi connectivity index (χ1) is 14.7. The normalized spacial score (nSPS) is 13.9. The van der Waals surface area contributed by atoms with Gasteiger partial charge in [-0.25, -0.2) is 13.4 Å². The molecule has 0 atom stereocenters. The molecule has 3 rings (SSSR count). The molecule has 162 valence electrons. The number of hydrazone groups is 1. The summed E-state index contributed by atoms with van der Waals surface area (Å²) in [5.74, 6) is -1.62. The highest BCUT2D eigenvalue weighted by Crippen LogP contribution is 2.24. The number of hydrogen-bond acceptors (Lipinski definition) is 6. The van der Waals surface area contributed by atoms with Crippen LogP contribution in [0, 0.1) is 0 Å². The van der Waals surface area contributed by atoms with E-state index >= 15 is 0 Å². The molecule has 31 heavy (non-hydrogen) atoms. The zero-order chi connectivity index (χ0) is 22.6. The predicted octanol–water partition coefficient (Wildman–Crippen LogP) is 1.51. The van der Waals surface area contributed by atoms with Crippen LogP contribution in [0.5, 0.6) is 0 Å². The molecule has 3 amide bonds. The van der Waals surface area contributed by atoms with E-state index in [-0.39, 0.29) is 45.6 Å². The summed E-state index contributed by atoms with van der Waals surface area (Å²) in [7, 11) is -2.58. The molecule has 0 fully saturated rings. The lowest BCUT2D eigenvalue weighted by Gasteiger charge is -2.19. The maximum Gasteiger partial charge on any atom is 0.285 e. The topological polar surface area (TPSA) is 137 Å². The average molecular weight is 464 g/mol. The molecule has 2 aromatic rings. The maximum absolute atomic E-state index is 12.6. The number of benzene rings is 2. The Morgan fingerprint density at radius 2 is 1.74 bits per heavy atom. The molecule has 1 aliphatic heterocycles. The van der Waals surface area contributed by atoms with E-state index in [4.69, 9.17) is 11.6 Å². The number of para-hydroxylation sites is 1. The molecule has 10 nitrogen and oxygen atoms in total. The van der Waals surface area contributed by atoms with Crippen molar-refractivity contribution in [3.05, 3.63) is 59.1 Å². The third-order valence-corrected chi connectivity index (χ3v) is 5.98. The van der Waals surface area contributed by atoms with Gasteiger partial charge < -0.3 is 0 Å². The van der Waals surface area contributed by atoms with Gasteiger partial charge in [0.1, 0.15) is 5.71 Å². The Bertz CT molecular complexity index is 1180. The molecule has 0 spiro atoms. The molecule has 0 aliphatic carbocycles. The number of anilines is 1. The Morgan fingerprint density at radius 3 is 2.45 bits per heavy atom. The van der Waals surface area contributed by atoms with Gasteiger partial charge in [-0.15, -0.1) is 0 Å². The maximum atomic E-state index is 12.6. The minimum absolute atomic E-state index is 0.000197. The third kappa shape index (κ3) is 5.38. The minimum atomic E-state index is -4.01. The Morgan fingerprint density at radius 1 is 1.03 bits per heavy atom. The lowest BCUT2D eigenvalue weighted by atomic mass is 10.1. The molecule has 0 saturated heterocycles. The summed E-state index contributed by atoms with van der Waals surface area (Å²) in [5.41, 5.74) is 4.69. The summed E-state index contributed by atoms with van der Waals surface area (Å²) in [6, 6.07) is 11.6. The van der Waals surface area contributed by atoms with Crippen LogP contribution in [0.4, 0.5) is 5.69 Å². The number of halogens is 1. The van der Waals surface area contributed by atoms with Gasteiger partial charge in [-0.1, -0.05) is 29.8 Å². The van der Waals surface area contributed by atoms with E-state index < -0.39 is 21.8 Å². The summed E-state index contributed by atoms with van der Waals surface area (Å²) in [6.07, 6.45) is 0.279. The largest absolute Gasteiger partial charge is 0.285 e. The van der Waals surface area contributed by atoms with E-state index in [0.717, 1.165) is 11.1 Å². The van der Waals surface area contributed by atoms with Crippen molar-refractivity contribution in [3.63, 3.8) is 0 Å². The second kappa shape index (κ2) is 9.14. The summed E-state index contributed by atoms with van der Waals surface area (Å²) in [4.78, 5) is 35.8. The lowest BCUT2D eigenvalue weighted by molar-refractivity contribution is -0.130. The number of carbonyl (C=O) groups is 3. The molecule has 0 bridgehead atoms. The molecule has 0 aromatic heterocycles. The van der Waals surface area contributed by atoms with Crippen molar-refractivity contribution in [2.75, 3.05) is 11.8 Å². The first-order valence-corrected chi connectivity index (χ1v) is 10.9. The van der Waals surface area contributed by atoms with Crippen LogP contribution in [-0.4, -0.2) is 43.9 Å².